The second kappa shape index (κ2) is 16.0. The summed E-state index contributed by atoms with van der Waals surface area (Å²) in [6.45, 7) is 4.88. The fourth-order valence-electron chi connectivity index (χ4n) is 3.08. The summed E-state index contributed by atoms with van der Waals surface area (Å²) in [6, 6.07) is 5.02. The lowest BCUT2D eigenvalue weighted by Crippen LogP contribution is -2.41. The van der Waals surface area contributed by atoms with E-state index in [1.54, 1.807) is 19.1 Å². The SMILES string of the molecule is CCOC(=O)CCCCCNC(=O)NCCCCC(NS(=O)(=O)c1ccc(C)cc1)C(=O)OC. The lowest BCUT2D eigenvalue weighted by Gasteiger charge is -2.17. The van der Waals surface area contributed by atoms with Gasteiger partial charge < -0.3 is 20.1 Å². The number of urea groups is 1. The summed E-state index contributed by atoms with van der Waals surface area (Å²) in [6.07, 6.45) is 3.98. The molecule has 192 valence electrons. The van der Waals surface area contributed by atoms with Crippen LogP contribution in [0.1, 0.15) is 57.4 Å². The third-order valence-electron chi connectivity index (χ3n) is 4.97. The normalized spacial score (nSPS) is 12.0. The maximum Gasteiger partial charge on any atom is 0.323 e. The molecule has 0 radical (unpaired) electrons. The number of methoxy groups -OCH3 is 1. The van der Waals surface area contributed by atoms with Crippen molar-refractivity contribution in [1.29, 1.82) is 0 Å². The largest absolute Gasteiger partial charge is 0.468 e. The fraction of sp³-hybridized carbons (Fsp3) is 0.609. The van der Waals surface area contributed by atoms with E-state index < -0.39 is 22.0 Å². The van der Waals surface area contributed by atoms with Crippen molar-refractivity contribution in [3.05, 3.63) is 29.8 Å². The molecule has 0 aromatic heterocycles. The van der Waals surface area contributed by atoms with E-state index in [2.05, 4.69) is 15.4 Å². The quantitative estimate of drug-likeness (QED) is 0.234. The highest BCUT2D eigenvalue weighted by Gasteiger charge is 2.26. The predicted molar refractivity (Wildman–Crippen MR) is 128 cm³/mol. The van der Waals surface area contributed by atoms with Crippen LogP contribution in [0.5, 0.6) is 0 Å². The average molecular weight is 500 g/mol. The minimum atomic E-state index is -3.87. The molecule has 0 heterocycles. The van der Waals surface area contributed by atoms with Gasteiger partial charge in [0, 0.05) is 19.5 Å². The van der Waals surface area contributed by atoms with E-state index in [0.717, 1.165) is 24.8 Å². The Balaban J connectivity index is 2.28. The molecule has 0 aliphatic rings. The minimum Gasteiger partial charge on any atom is -0.468 e. The molecule has 34 heavy (non-hydrogen) atoms. The zero-order valence-electron chi connectivity index (χ0n) is 20.2. The number of ether oxygens (including phenoxy) is 2. The molecule has 1 atom stereocenters. The lowest BCUT2D eigenvalue weighted by molar-refractivity contribution is -0.143. The molecular formula is C23H37N3O7S. The molecule has 1 aromatic rings. The van der Waals surface area contributed by atoms with Crippen molar-refractivity contribution in [2.75, 3.05) is 26.8 Å². The second-order valence-corrected chi connectivity index (χ2v) is 9.52. The Morgan fingerprint density at radius 3 is 2.15 bits per heavy atom. The third-order valence-corrected chi connectivity index (χ3v) is 6.46. The van der Waals surface area contributed by atoms with Crippen LogP contribution in [0.3, 0.4) is 0 Å². The van der Waals surface area contributed by atoms with Crippen molar-refractivity contribution >= 4 is 28.0 Å². The Labute approximate surface area is 202 Å². The summed E-state index contributed by atoms with van der Waals surface area (Å²) < 4.78 is 37.1. The van der Waals surface area contributed by atoms with Gasteiger partial charge in [-0.2, -0.15) is 4.72 Å². The average Bonchev–Trinajstić information content (AvgIpc) is 2.80. The van der Waals surface area contributed by atoms with E-state index in [9.17, 15) is 22.8 Å². The smallest absolute Gasteiger partial charge is 0.323 e. The summed E-state index contributed by atoms with van der Waals surface area (Å²) >= 11 is 0. The number of benzene rings is 1. The number of hydrogen-bond donors (Lipinski definition) is 3. The third kappa shape index (κ3) is 12.0. The molecule has 3 N–H and O–H groups in total. The summed E-state index contributed by atoms with van der Waals surface area (Å²) in [4.78, 5) is 35.2. The minimum absolute atomic E-state index is 0.0752. The highest BCUT2D eigenvalue weighted by Crippen LogP contribution is 2.13. The molecular weight excluding hydrogens is 462 g/mol. The van der Waals surface area contributed by atoms with Crippen LogP contribution >= 0.6 is 0 Å². The van der Waals surface area contributed by atoms with Gasteiger partial charge in [0.15, 0.2) is 0 Å². The number of carbonyl (C=O) groups excluding carboxylic acids is 3. The van der Waals surface area contributed by atoms with Gasteiger partial charge in [-0.25, -0.2) is 13.2 Å². The first-order valence-corrected chi connectivity index (χ1v) is 13.0. The summed E-state index contributed by atoms with van der Waals surface area (Å²) in [5, 5.41) is 5.47. The summed E-state index contributed by atoms with van der Waals surface area (Å²) in [5.41, 5.74) is 0.925. The van der Waals surface area contributed by atoms with Crippen molar-refractivity contribution in [3.63, 3.8) is 0 Å². The van der Waals surface area contributed by atoms with E-state index >= 15 is 0 Å². The van der Waals surface area contributed by atoms with Crippen LogP contribution in [-0.2, 0) is 29.1 Å². The van der Waals surface area contributed by atoms with Gasteiger partial charge in [-0.05, 0) is 58.1 Å². The van der Waals surface area contributed by atoms with E-state index in [-0.39, 0.29) is 23.3 Å². The molecule has 1 unspecified atom stereocenters. The molecule has 0 fully saturated rings. The molecule has 2 amide bonds. The first kappa shape index (κ1) is 29.4. The number of amides is 2. The topological polar surface area (TPSA) is 140 Å². The van der Waals surface area contributed by atoms with Crippen LogP contribution in [0.2, 0.25) is 0 Å². The van der Waals surface area contributed by atoms with Crippen LogP contribution < -0.4 is 15.4 Å². The van der Waals surface area contributed by atoms with E-state index in [1.165, 1.54) is 19.2 Å². The van der Waals surface area contributed by atoms with Gasteiger partial charge in [-0.3, -0.25) is 9.59 Å². The fourth-order valence-corrected chi connectivity index (χ4v) is 4.30. The van der Waals surface area contributed by atoms with Crippen LogP contribution in [0.25, 0.3) is 0 Å². The Bertz CT molecular complexity index is 873. The number of rotatable bonds is 16. The van der Waals surface area contributed by atoms with Gasteiger partial charge in [0.05, 0.1) is 18.6 Å². The number of aryl methyl sites for hydroxylation is 1. The van der Waals surface area contributed by atoms with Gasteiger partial charge in [0.25, 0.3) is 0 Å². The molecule has 0 bridgehead atoms. The Hall–Kier alpha value is -2.66. The molecule has 11 heteroatoms. The maximum atomic E-state index is 12.6. The Morgan fingerprint density at radius 2 is 1.56 bits per heavy atom. The molecule has 0 aliphatic carbocycles. The zero-order valence-corrected chi connectivity index (χ0v) is 21.0. The number of unbranched alkanes of at least 4 members (excludes halogenated alkanes) is 3. The number of esters is 2. The molecule has 0 saturated heterocycles. The van der Waals surface area contributed by atoms with E-state index in [4.69, 9.17) is 9.47 Å². The van der Waals surface area contributed by atoms with Crippen molar-refractivity contribution in [2.45, 2.75) is 69.7 Å². The maximum absolute atomic E-state index is 12.6. The highest BCUT2D eigenvalue weighted by atomic mass is 32.2. The first-order chi connectivity index (χ1) is 16.2. The standard InChI is InChI=1S/C23H37N3O7S/c1-4-33-21(27)11-6-5-8-16-24-23(29)25-17-9-7-10-20(22(28)32-3)26-34(30,31)19-14-12-18(2)13-15-19/h12-15,20,26H,4-11,16-17H2,1-3H3,(H2,24,25,29). The van der Waals surface area contributed by atoms with Gasteiger partial charge in [-0.15, -0.1) is 0 Å². The van der Waals surface area contributed by atoms with Gasteiger partial charge >= 0.3 is 18.0 Å². The van der Waals surface area contributed by atoms with Crippen molar-refractivity contribution in [2.24, 2.45) is 0 Å². The molecule has 0 aliphatic heterocycles. The molecule has 1 aromatic carbocycles. The van der Waals surface area contributed by atoms with Crippen LogP contribution in [0, 0.1) is 6.92 Å². The van der Waals surface area contributed by atoms with Gasteiger partial charge in [0.1, 0.15) is 6.04 Å². The van der Waals surface area contributed by atoms with Gasteiger partial charge in [0.2, 0.25) is 10.0 Å². The molecule has 0 spiro atoms. The summed E-state index contributed by atoms with van der Waals surface area (Å²) in [7, 11) is -2.66. The number of sulfonamides is 1. The number of hydrogen-bond acceptors (Lipinski definition) is 7. The number of carbonyl (C=O) groups is 3. The first-order valence-electron chi connectivity index (χ1n) is 11.5. The second-order valence-electron chi connectivity index (χ2n) is 7.80. The highest BCUT2D eigenvalue weighted by molar-refractivity contribution is 7.89. The van der Waals surface area contributed by atoms with Crippen LogP contribution in [0.15, 0.2) is 29.2 Å². The monoisotopic (exact) mass is 499 g/mol. The molecule has 0 saturated carbocycles. The Morgan fingerprint density at radius 1 is 0.941 bits per heavy atom. The van der Waals surface area contributed by atoms with Crippen molar-refractivity contribution in [3.8, 4) is 0 Å². The summed E-state index contributed by atoms with van der Waals surface area (Å²) in [5.74, 6) is -0.866. The van der Waals surface area contributed by atoms with E-state index in [0.29, 0.717) is 39.0 Å². The Kier molecular flexibility index (Phi) is 13.9. The van der Waals surface area contributed by atoms with Crippen LogP contribution in [0.4, 0.5) is 4.79 Å². The molecule has 1 rings (SSSR count). The predicted octanol–water partition coefficient (Wildman–Crippen LogP) is 2.41. The zero-order chi connectivity index (χ0) is 25.4. The van der Waals surface area contributed by atoms with E-state index in [1.807, 2.05) is 6.92 Å². The van der Waals surface area contributed by atoms with Crippen molar-refractivity contribution < 1.29 is 32.3 Å². The van der Waals surface area contributed by atoms with Gasteiger partial charge in [-0.1, -0.05) is 24.1 Å². The molecule has 10 nitrogen and oxygen atoms in total. The number of nitrogens with one attached hydrogen (secondary N) is 3. The van der Waals surface area contributed by atoms with Crippen LogP contribution in [-0.4, -0.2) is 59.2 Å². The lowest BCUT2D eigenvalue weighted by atomic mass is 10.1. The van der Waals surface area contributed by atoms with Crippen molar-refractivity contribution in [1.82, 2.24) is 15.4 Å².